The minimum Gasteiger partial charge on any atom is -0.394 e. The van der Waals surface area contributed by atoms with Gasteiger partial charge in [0.1, 0.15) is 30.0 Å². The number of rotatable bonds is 1. The molecule has 4 N–H and O–H groups in total. The van der Waals surface area contributed by atoms with Crippen molar-refractivity contribution in [2.75, 3.05) is 18.5 Å². The molecule has 2 amide bonds. The van der Waals surface area contributed by atoms with Gasteiger partial charge in [-0.15, -0.1) is 0 Å². The monoisotopic (exact) mass is 334 g/mol. The zero-order chi connectivity index (χ0) is 17.1. The smallest absolute Gasteiger partial charge is 0.256 e. The number of carbonyl (C=O) groups is 2. The minimum absolute atomic E-state index is 0.0209. The van der Waals surface area contributed by atoms with Gasteiger partial charge in [-0.2, -0.15) is 0 Å². The summed E-state index contributed by atoms with van der Waals surface area (Å²) >= 11 is 0. The van der Waals surface area contributed by atoms with Crippen LogP contribution in [-0.4, -0.2) is 75.1 Å². The Morgan fingerprint density at radius 2 is 2.04 bits per heavy atom. The van der Waals surface area contributed by atoms with Gasteiger partial charge in [-0.1, -0.05) is 12.1 Å². The van der Waals surface area contributed by atoms with Crippen LogP contribution in [0.5, 0.6) is 0 Å². The lowest BCUT2D eigenvalue weighted by Gasteiger charge is -2.27. The van der Waals surface area contributed by atoms with Crippen LogP contribution in [0, 0.1) is 0 Å². The molecule has 3 aliphatic heterocycles. The number of anilines is 1. The topological polar surface area (TPSA) is 119 Å². The fraction of sp³-hybridized carbons (Fsp3) is 0.500. The largest absolute Gasteiger partial charge is 0.394 e. The third-order valence-electron chi connectivity index (χ3n) is 5.14. The first-order valence-electron chi connectivity index (χ1n) is 7.82. The Labute approximate surface area is 137 Å². The molecule has 0 unspecified atom stereocenters. The van der Waals surface area contributed by atoms with Crippen LogP contribution in [0.1, 0.15) is 16.8 Å². The predicted octanol–water partition coefficient (Wildman–Crippen LogP) is -1.30. The highest BCUT2D eigenvalue weighted by Crippen LogP contribution is 2.43. The van der Waals surface area contributed by atoms with Gasteiger partial charge in [-0.25, -0.2) is 0 Å². The van der Waals surface area contributed by atoms with Gasteiger partial charge in [0, 0.05) is 6.42 Å². The number of aliphatic hydroxyl groups is 3. The summed E-state index contributed by atoms with van der Waals surface area (Å²) in [5, 5.41) is 32.4. The number of para-hydroxylation sites is 1. The first-order valence-corrected chi connectivity index (χ1v) is 7.82. The predicted molar refractivity (Wildman–Crippen MR) is 81.2 cm³/mol. The van der Waals surface area contributed by atoms with Gasteiger partial charge in [0.05, 0.1) is 24.4 Å². The number of amides is 2. The van der Waals surface area contributed by atoms with Crippen molar-refractivity contribution in [1.82, 2.24) is 4.90 Å². The second kappa shape index (κ2) is 5.25. The maximum Gasteiger partial charge on any atom is 0.256 e. The summed E-state index contributed by atoms with van der Waals surface area (Å²) in [6, 6.07) is 5.93. The number of benzene rings is 1. The summed E-state index contributed by atoms with van der Waals surface area (Å²) in [5.41, 5.74) is -0.425. The third-order valence-corrected chi connectivity index (χ3v) is 5.14. The molecule has 4 rings (SSSR count). The molecule has 0 radical (unpaired) electrons. The Bertz CT molecular complexity index is 710. The number of aliphatic hydroxyl groups excluding tert-OH is 3. The number of fused-ring (bicyclic) bond motifs is 2. The molecule has 5 atom stereocenters. The normalized spacial score (nSPS) is 38.0. The zero-order valence-electron chi connectivity index (χ0n) is 12.8. The van der Waals surface area contributed by atoms with Crippen molar-refractivity contribution in [3.63, 3.8) is 0 Å². The highest BCUT2D eigenvalue weighted by molar-refractivity contribution is 6.10. The summed E-state index contributed by atoms with van der Waals surface area (Å²) in [6.45, 7) is -0.472. The van der Waals surface area contributed by atoms with Crippen molar-refractivity contribution in [2.24, 2.45) is 0 Å². The van der Waals surface area contributed by atoms with E-state index >= 15 is 0 Å². The molecule has 8 nitrogen and oxygen atoms in total. The molecule has 1 aromatic rings. The van der Waals surface area contributed by atoms with Crippen molar-refractivity contribution in [3.05, 3.63) is 29.8 Å². The molecule has 8 heteroatoms. The number of carbonyl (C=O) groups excluding carboxylic acids is 2. The molecule has 128 valence electrons. The Morgan fingerprint density at radius 1 is 1.29 bits per heavy atom. The Balaban J connectivity index is 1.71. The first-order chi connectivity index (χ1) is 11.5. The van der Waals surface area contributed by atoms with Crippen LogP contribution in [0.3, 0.4) is 0 Å². The lowest BCUT2D eigenvalue weighted by atomic mass is 9.91. The van der Waals surface area contributed by atoms with E-state index < -0.39 is 36.6 Å². The molecule has 3 heterocycles. The molecule has 1 aromatic carbocycles. The molecule has 24 heavy (non-hydrogen) atoms. The number of hydrogen-bond acceptors (Lipinski definition) is 6. The average Bonchev–Trinajstić information content (AvgIpc) is 3.06. The van der Waals surface area contributed by atoms with Crippen molar-refractivity contribution in [3.8, 4) is 0 Å². The molecule has 2 saturated heterocycles. The highest BCUT2D eigenvalue weighted by Gasteiger charge is 2.61. The summed E-state index contributed by atoms with van der Waals surface area (Å²) in [6.07, 6.45) is -3.41. The van der Waals surface area contributed by atoms with E-state index in [1.165, 1.54) is 4.90 Å². The van der Waals surface area contributed by atoms with Crippen LogP contribution in [0.15, 0.2) is 24.3 Å². The Hall–Kier alpha value is -2.00. The molecule has 0 saturated carbocycles. The number of nitrogens with one attached hydrogen (secondary N) is 1. The average molecular weight is 334 g/mol. The van der Waals surface area contributed by atoms with Crippen molar-refractivity contribution in [2.45, 2.75) is 36.4 Å². The van der Waals surface area contributed by atoms with Crippen LogP contribution in [0.4, 0.5) is 5.69 Å². The van der Waals surface area contributed by atoms with E-state index in [0.29, 0.717) is 11.3 Å². The van der Waals surface area contributed by atoms with Crippen molar-refractivity contribution in [1.29, 1.82) is 0 Å². The van der Waals surface area contributed by atoms with Gasteiger partial charge >= 0.3 is 0 Å². The lowest BCUT2D eigenvalue weighted by Crippen LogP contribution is -2.46. The Kier molecular flexibility index (Phi) is 3.40. The molecular weight excluding hydrogens is 316 g/mol. The van der Waals surface area contributed by atoms with Gasteiger partial charge < -0.3 is 30.3 Å². The van der Waals surface area contributed by atoms with E-state index in [2.05, 4.69) is 5.32 Å². The summed E-state index contributed by atoms with van der Waals surface area (Å²) < 4.78 is 5.68. The van der Waals surface area contributed by atoms with Crippen molar-refractivity contribution < 1.29 is 29.6 Å². The molecule has 0 aliphatic carbocycles. The van der Waals surface area contributed by atoms with Gasteiger partial charge in [-0.3, -0.25) is 9.59 Å². The van der Waals surface area contributed by atoms with Gasteiger partial charge in [0.2, 0.25) is 5.91 Å². The van der Waals surface area contributed by atoms with Gasteiger partial charge in [-0.05, 0) is 12.1 Å². The molecular formula is C16H18N2O6. The lowest BCUT2D eigenvalue weighted by molar-refractivity contribution is -0.120. The summed E-state index contributed by atoms with van der Waals surface area (Å²) in [7, 11) is 0. The molecule has 2 fully saturated rings. The van der Waals surface area contributed by atoms with Crippen LogP contribution in [0.25, 0.3) is 0 Å². The van der Waals surface area contributed by atoms with Crippen LogP contribution < -0.4 is 5.32 Å². The van der Waals surface area contributed by atoms with Crippen LogP contribution >= 0.6 is 0 Å². The Morgan fingerprint density at radius 3 is 2.75 bits per heavy atom. The second-order valence-electron chi connectivity index (χ2n) is 6.53. The standard InChI is InChI=1S/C16H18N2O6/c19-6-11-12(20)13(21)16(24-11)5-10-14(22)17-9-4-2-1-3-8(9)15(23)18(10)7-16/h1-4,10-13,19-21H,5-7H2,(H,17,22)/t10-,11-,12-,13+,16+/m1/s1. The second-order valence-corrected chi connectivity index (χ2v) is 6.53. The van der Waals surface area contributed by atoms with Crippen LogP contribution in [-0.2, 0) is 9.53 Å². The van der Waals surface area contributed by atoms with E-state index in [1.54, 1.807) is 24.3 Å². The maximum atomic E-state index is 12.8. The minimum atomic E-state index is -1.28. The molecule has 0 aromatic heterocycles. The quantitative estimate of drug-likeness (QED) is 0.507. The van der Waals surface area contributed by atoms with Crippen molar-refractivity contribution >= 4 is 17.5 Å². The maximum absolute atomic E-state index is 12.8. The van der Waals surface area contributed by atoms with Crippen LogP contribution in [0.2, 0.25) is 0 Å². The van der Waals surface area contributed by atoms with E-state index in [9.17, 15) is 24.9 Å². The van der Waals surface area contributed by atoms with Gasteiger partial charge in [0.25, 0.3) is 5.91 Å². The number of ether oxygens (including phenoxy) is 1. The van der Waals surface area contributed by atoms with Gasteiger partial charge in [0.15, 0.2) is 0 Å². The number of nitrogens with zero attached hydrogens (tertiary/aromatic N) is 1. The number of hydrogen-bond donors (Lipinski definition) is 4. The fourth-order valence-corrected chi connectivity index (χ4v) is 3.90. The highest BCUT2D eigenvalue weighted by atomic mass is 16.6. The molecule has 0 bridgehead atoms. The van der Waals surface area contributed by atoms with E-state index in [4.69, 9.17) is 4.74 Å². The fourth-order valence-electron chi connectivity index (χ4n) is 3.90. The summed E-state index contributed by atoms with van der Waals surface area (Å²) in [4.78, 5) is 26.7. The third kappa shape index (κ3) is 2.01. The van der Waals surface area contributed by atoms with E-state index in [0.717, 1.165) is 0 Å². The van der Waals surface area contributed by atoms with E-state index in [1.807, 2.05) is 0 Å². The molecule has 3 aliphatic rings. The molecule has 1 spiro atoms. The first kappa shape index (κ1) is 15.5. The SMILES string of the molecule is O=C1Nc2ccccc2C(=O)N2C[C@]3(C[C@H]12)O[C@H](CO)[C@@H](O)[C@@H]3O. The summed E-state index contributed by atoms with van der Waals surface area (Å²) in [5.74, 6) is -0.688. The zero-order valence-corrected chi connectivity index (χ0v) is 12.8. The van der Waals surface area contributed by atoms with E-state index in [-0.39, 0.29) is 24.8 Å².